The Balaban J connectivity index is 1.43. The highest BCUT2D eigenvalue weighted by Crippen LogP contribution is 2.16. The molecule has 3 aromatic rings. The van der Waals surface area contributed by atoms with Crippen LogP contribution in [0.3, 0.4) is 0 Å². The number of aromatic nitrogens is 5. The summed E-state index contributed by atoms with van der Waals surface area (Å²) < 4.78 is 7.36. The van der Waals surface area contributed by atoms with Crippen LogP contribution < -0.4 is 5.56 Å². The van der Waals surface area contributed by atoms with Crippen molar-refractivity contribution in [2.45, 2.75) is 18.9 Å². The van der Waals surface area contributed by atoms with Crippen LogP contribution in [0.4, 0.5) is 0 Å². The van der Waals surface area contributed by atoms with E-state index in [4.69, 9.17) is 4.74 Å². The molecule has 4 rings (SSSR count). The van der Waals surface area contributed by atoms with Crippen LogP contribution in [0.5, 0.6) is 0 Å². The molecule has 0 spiro atoms. The van der Waals surface area contributed by atoms with Crippen LogP contribution in [0.15, 0.2) is 41.8 Å². The first kappa shape index (κ1) is 16.4. The Morgan fingerprint density at radius 3 is 3.19 bits per heavy atom. The SMILES string of the molecule is O=C(c1cnn2cccnc12)N1CCO[C@@H](CCc2cc(=O)[nH]cn2)C1. The highest BCUT2D eigenvalue weighted by atomic mass is 16.5. The predicted octanol–water partition coefficient (Wildman–Crippen LogP) is 0.286. The van der Waals surface area contributed by atoms with Gasteiger partial charge < -0.3 is 14.6 Å². The third kappa shape index (κ3) is 3.33. The van der Waals surface area contributed by atoms with Gasteiger partial charge in [0.15, 0.2) is 5.65 Å². The van der Waals surface area contributed by atoms with Gasteiger partial charge in [-0.1, -0.05) is 0 Å². The van der Waals surface area contributed by atoms with Crippen LogP contribution in [0.1, 0.15) is 22.5 Å². The second-order valence-corrected chi connectivity index (χ2v) is 6.13. The lowest BCUT2D eigenvalue weighted by Crippen LogP contribution is -2.45. The molecule has 1 N–H and O–H groups in total. The van der Waals surface area contributed by atoms with Crippen molar-refractivity contribution in [3.63, 3.8) is 0 Å². The zero-order chi connectivity index (χ0) is 17.9. The number of aromatic amines is 1. The van der Waals surface area contributed by atoms with Crippen molar-refractivity contribution in [1.29, 1.82) is 0 Å². The monoisotopic (exact) mass is 354 g/mol. The molecule has 0 radical (unpaired) electrons. The zero-order valence-electron chi connectivity index (χ0n) is 14.0. The maximum atomic E-state index is 12.9. The summed E-state index contributed by atoms with van der Waals surface area (Å²) in [5.74, 6) is -0.0960. The van der Waals surface area contributed by atoms with Gasteiger partial charge in [-0.05, 0) is 18.9 Å². The first-order chi connectivity index (χ1) is 12.7. The molecule has 1 amide bonds. The van der Waals surface area contributed by atoms with Gasteiger partial charge in [-0.3, -0.25) is 9.59 Å². The Bertz CT molecular complexity index is 982. The molecule has 0 aromatic carbocycles. The number of hydrogen-bond donors (Lipinski definition) is 1. The number of aryl methyl sites for hydroxylation is 1. The summed E-state index contributed by atoms with van der Waals surface area (Å²) in [6.45, 7) is 1.50. The van der Waals surface area contributed by atoms with Crippen LogP contribution in [0.2, 0.25) is 0 Å². The van der Waals surface area contributed by atoms with Crippen LogP contribution in [-0.2, 0) is 11.2 Å². The minimum absolute atomic E-state index is 0.0939. The molecule has 1 fully saturated rings. The highest BCUT2D eigenvalue weighted by molar-refractivity contribution is 5.99. The Morgan fingerprint density at radius 1 is 1.38 bits per heavy atom. The minimum atomic E-state index is -0.169. The van der Waals surface area contributed by atoms with Crippen molar-refractivity contribution in [2.24, 2.45) is 0 Å². The molecule has 4 heterocycles. The molecule has 0 saturated carbocycles. The van der Waals surface area contributed by atoms with Gasteiger partial charge in [0.1, 0.15) is 5.56 Å². The molecular weight excluding hydrogens is 336 g/mol. The van der Waals surface area contributed by atoms with Crippen molar-refractivity contribution >= 4 is 11.6 Å². The number of amides is 1. The second kappa shape index (κ2) is 7.04. The molecule has 26 heavy (non-hydrogen) atoms. The van der Waals surface area contributed by atoms with Crippen LogP contribution in [0, 0.1) is 0 Å². The van der Waals surface area contributed by atoms with Crippen LogP contribution >= 0.6 is 0 Å². The number of nitrogens with zero attached hydrogens (tertiary/aromatic N) is 5. The fraction of sp³-hybridized carbons (Fsp3) is 0.353. The van der Waals surface area contributed by atoms with Gasteiger partial charge in [-0.2, -0.15) is 5.10 Å². The summed E-state index contributed by atoms with van der Waals surface area (Å²) >= 11 is 0. The molecule has 1 saturated heterocycles. The summed E-state index contributed by atoms with van der Waals surface area (Å²) in [6, 6.07) is 3.25. The standard InChI is InChI=1S/C17H18N6O3/c24-15-8-12(19-11-20-15)2-3-13-10-22(6-7-26-13)17(25)14-9-21-23-5-1-4-18-16(14)23/h1,4-5,8-9,11,13H,2-3,6-7,10H2,(H,19,20,24)/t13-/m0/s1. The maximum Gasteiger partial charge on any atom is 0.259 e. The number of carbonyl (C=O) groups is 1. The average molecular weight is 354 g/mol. The van der Waals surface area contributed by atoms with E-state index in [-0.39, 0.29) is 17.6 Å². The topological polar surface area (TPSA) is 105 Å². The molecule has 9 heteroatoms. The van der Waals surface area contributed by atoms with E-state index >= 15 is 0 Å². The Labute approximate surface area is 148 Å². The lowest BCUT2D eigenvalue weighted by Gasteiger charge is -2.32. The third-order valence-corrected chi connectivity index (χ3v) is 4.39. The number of morpholine rings is 1. The molecule has 0 unspecified atom stereocenters. The fourth-order valence-corrected chi connectivity index (χ4v) is 3.08. The number of carbonyl (C=O) groups excluding carboxylic acids is 1. The Kier molecular flexibility index (Phi) is 4.44. The van der Waals surface area contributed by atoms with Crippen molar-refractivity contribution in [1.82, 2.24) is 29.5 Å². The number of nitrogens with one attached hydrogen (secondary N) is 1. The molecule has 3 aromatic heterocycles. The normalized spacial score (nSPS) is 17.5. The average Bonchev–Trinajstić information content (AvgIpc) is 3.10. The summed E-state index contributed by atoms with van der Waals surface area (Å²) in [5, 5.41) is 4.17. The van der Waals surface area contributed by atoms with E-state index in [1.54, 1.807) is 34.1 Å². The van der Waals surface area contributed by atoms with Gasteiger partial charge >= 0.3 is 0 Å². The zero-order valence-corrected chi connectivity index (χ0v) is 14.0. The number of hydrogen-bond acceptors (Lipinski definition) is 6. The Morgan fingerprint density at radius 2 is 2.31 bits per heavy atom. The number of rotatable bonds is 4. The molecule has 1 aliphatic rings. The van der Waals surface area contributed by atoms with Crippen molar-refractivity contribution in [3.8, 4) is 0 Å². The largest absolute Gasteiger partial charge is 0.375 e. The lowest BCUT2D eigenvalue weighted by atomic mass is 10.1. The van der Waals surface area contributed by atoms with Gasteiger partial charge in [0.05, 0.1) is 25.2 Å². The van der Waals surface area contributed by atoms with Gasteiger partial charge in [0.2, 0.25) is 0 Å². The van der Waals surface area contributed by atoms with E-state index in [1.165, 1.54) is 12.4 Å². The third-order valence-electron chi connectivity index (χ3n) is 4.39. The van der Waals surface area contributed by atoms with Crippen LogP contribution in [-0.4, -0.2) is 61.2 Å². The van der Waals surface area contributed by atoms with Crippen molar-refractivity contribution < 1.29 is 9.53 Å². The number of fused-ring (bicyclic) bond motifs is 1. The molecule has 1 atom stereocenters. The smallest absolute Gasteiger partial charge is 0.259 e. The maximum absolute atomic E-state index is 12.9. The van der Waals surface area contributed by atoms with E-state index in [0.29, 0.717) is 49.4 Å². The van der Waals surface area contributed by atoms with Gasteiger partial charge in [0, 0.05) is 37.2 Å². The van der Waals surface area contributed by atoms with Crippen molar-refractivity contribution in [2.75, 3.05) is 19.7 Å². The quantitative estimate of drug-likeness (QED) is 0.722. The molecule has 134 valence electrons. The summed E-state index contributed by atoms with van der Waals surface area (Å²) in [4.78, 5) is 36.8. The summed E-state index contributed by atoms with van der Waals surface area (Å²) in [5.41, 5.74) is 1.58. The number of ether oxygens (including phenoxy) is 1. The first-order valence-electron chi connectivity index (χ1n) is 8.43. The summed E-state index contributed by atoms with van der Waals surface area (Å²) in [6.07, 6.45) is 7.56. The van der Waals surface area contributed by atoms with E-state index < -0.39 is 0 Å². The minimum Gasteiger partial charge on any atom is -0.375 e. The van der Waals surface area contributed by atoms with Crippen LogP contribution in [0.25, 0.3) is 5.65 Å². The Hall–Kier alpha value is -3.07. The molecule has 1 aliphatic heterocycles. The first-order valence-corrected chi connectivity index (χ1v) is 8.43. The van der Waals surface area contributed by atoms with Gasteiger partial charge in [-0.15, -0.1) is 0 Å². The molecule has 0 bridgehead atoms. The van der Waals surface area contributed by atoms with Gasteiger partial charge in [-0.25, -0.2) is 14.5 Å². The van der Waals surface area contributed by atoms with Gasteiger partial charge in [0.25, 0.3) is 11.5 Å². The molecule has 0 aliphatic carbocycles. The summed E-state index contributed by atoms with van der Waals surface area (Å²) in [7, 11) is 0. The van der Waals surface area contributed by atoms with E-state index in [9.17, 15) is 9.59 Å². The van der Waals surface area contributed by atoms with E-state index in [1.807, 2.05) is 0 Å². The predicted molar refractivity (Wildman–Crippen MR) is 91.8 cm³/mol. The van der Waals surface area contributed by atoms with Crippen molar-refractivity contribution in [3.05, 3.63) is 58.7 Å². The molecule has 9 nitrogen and oxygen atoms in total. The van der Waals surface area contributed by atoms with E-state index in [0.717, 1.165) is 0 Å². The van der Waals surface area contributed by atoms with E-state index in [2.05, 4.69) is 20.1 Å². The fourth-order valence-electron chi connectivity index (χ4n) is 3.08. The number of H-pyrrole nitrogens is 1. The molecular formula is C17H18N6O3. The highest BCUT2D eigenvalue weighted by Gasteiger charge is 2.27. The second-order valence-electron chi connectivity index (χ2n) is 6.13. The lowest BCUT2D eigenvalue weighted by molar-refractivity contribution is -0.0246.